The summed E-state index contributed by atoms with van der Waals surface area (Å²) in [4.78, 5) is 18.3. The van der Waals surface area contributed by atoms with Crippen molar-refractivity contribution in [3.8, 4) is 0 Å². The van der Waals surface area contributed by atoms with Gasteiger partial charge in [-0.15, -0.1) is 11.3 Å². The number of nitrogens with zero attached hydrogens (tertiary/aromatic N) is 2. The van der Waals surface area contributed by atoms with Gasteiger partial charge in [0.1, 0.15) is 0 Å². The van der Waals surface area contributed by atoms with Crippen LogP contribution in [0.2, 0.25) is 0 Å². The first kappa shape index (κ1) is 13.3. The number of carbonyl (C=O) groups excluding carboxylic acids is 1. The third-order valence-corrected chi connectivity index (χ3v) is 4.53. The second-order valence-corrected chi connectivity index (χ2v) is 6.25. The van der Waals surface area contributed by atoms with E-state index in [-0.39, 0.29) is 18.7 Å². The molecule has 3 rings (SSSR count). The average molecular weight is 291 g/mol. The van der Waals surface area contributed by atoms with E-state index in [0.29, 0.717) is 6.54 Å². The van der Waals surface area contributed by atoms with Gasteiger partial charge in [-0.1, -0.05) is 0 Å². The molecule has 2 amide bonds. The van der Waals surface area contributed by atoms with Crippen LogP contribution in [0.5, 0.6) is 0 Å². The Kier molecular flexibility index (Phi) is 3.58. The quantitative estimate of drug-likeness (QED) is 0.894. The summed E-state index contributed by atoms with van der Waals surface area (Å²) in [6, 6.07) is 5.54. The number of nitrogens with one attached hydrogen (secondary N) is 1. The number of aliphatic hydroxyl groups is 1. The smallest absolute Gasteiger partial charge is 0.322 e. The van der Waals surface area contributed by atoms with Crippen LogP contribution in [0, 0.1) is 6.92 Å². The zero-order chi connectivity index (χ0) is 14.1. The van der Waals surface area contributed by atoms with E-state index >= 15 is 0 Å². The number of fused-ring (bicyclic) bond motifs is 1. The van der Waals surface area contributed by atoms with E-state index in [1.54, 1.807) is 16.2 Å². The second kappa shape index (κ2) is 5.38. The third kappa shape index (κ3) is 2.48. The van der Waals surface area contributed by atoms with Crippen molar-refractivity contribution in [2.45, 2.75) is 25.8 Å². The SMILES string of the molecule is Cc1nc2ccc(NC(=O)N3CCC[C@H]3CO)cc2s1. The van der Waals surface area contributed by atoms with Gasteiger partial charge in [-0.2, -0.15) is 0 Å². The number of urea groups is 1. The molecule has 2 aromatic rings. The van der Waals surface area contributed by atoms with Crippen molar-refractivity contribution in [2.24, 2.45) is 0 Å². The molecular formula is C14H17N3O2S. The number of aryl methyl sites for hydroxylation is 1. The number of amides is 2. The summed E-state index contributed by atoms with van der Waals surface area (Å²) in [5.74, 6) is 0. The number of benzene rings is 1. The van der Waals surface area contributed by atoms with E-state index in [4.69, 9.17) is 0 Å². The highest BCUT2D eigenvalue weighted by Gasteiger charge is 2.28. The normalized spacial score (nSPS) is 18.7. The fourth-order valence-corrected chi connectivity index (χ4v) is 3.47. The Morgan fingerprint density at radius 3 is 3.25 bits per heavy atom. The number of thiazole rings is 1. The monoisotopic (exact) mass is 291 g/mol. The van der Waals surface area contributed by atoms with E-state index < -0.39 is 0 Å². The van der Waals surface area contributed by atoms with E-state index in [1.165, 1.54) is 0 Å². The number of likely N-dealkylation sites (tertiary alicyclic amines) is 1. The van der Waals surface area contributed by atoms with Gasteiger partial charge in [-0.25, -0.2) is 9.78 Å². The summed E-state index contributed by atoms with van der Waals surface area (Å²) in [7, 11) is 0. The molecule has 0 aliphatic carbocycles. The molecule has 0 unspecified atom stereocenters. The number of carbonyl (C=O) groups is 1. The molecule has 2 N–H and O–H groups in total. The van der Waals surface area contributed by atoms with E-state index in [2.05, 4.69) is 10.3 Å². The number of aliphatic hydroxyl groups excluding tert-OH is 1. The lowest BCUT2D eigenvalue weighted by molar-refractivity contribution is 0.166. The van der Waals surface area contributed by atoms with Gasteiger partial charge in [-0.3, -0.25) is 0 Å². The predicted molar refractivity (Wildman–Crippen MR) is 80.2 cm³/mol. The van der Waals surface area contributed by atoms with Crippen LogP contribution in [0.15, 0.2) is 18.2 Å². The topological polar surface area (TPSA) is 65.5 Å². The Labute approximate surface area is 121 Å². The maximum atomic E-state index is 12.2. The fourth-order valence-electron chi connectivity index (χ4n) is 2.61. The van der Waals surface area contributed by atoms with Gasteiger partial charge in [-0.05, 0) is 38.0 Å². The maximum absolute atomic E-state index is 12.2. The molecule has 106 valence electrons. The molecule has 1 aromatic heterocycles. The van der Waals surface area contributed by atoms with E-state index in [1.807, 2.05) is 25.1 Å². The van der Waals surface area contributed by atoms with E-state index in [9.17, 15) is 9.90 Å². The van der Waals surface area contributed by atoms with Crippen molar-refractivity contribution in [2.75, 3.05) is 18.5 Å². The van der Waals surface area contributed by atoms with Crippen LogP contribution >= 0.6 is 11.3 Å². The number of aromatic nitrogens is 1. The molecule has 20 heavy (non-hydrogen) atoms. The number of hydrogen-bond donors (Lipinski definition) is 2. The van der Waals surface area contributed by atoms with Crippen LogP contribution in [-0.4, -0.2) is 40.2 Å². The molecule has 1 saturated heterocycles. The van der Waals surface area contributed by atoms with Crippen molar-refractivity contribution >= 4 is 33.3 Å². The van der Waals surface area contributed by atoms with Crippen LogP contribution in [0.25, 0.3) is 10.2 Å². The Morgan fingerprint density at radius 2 is 2.45 bits per heavy atom. The van der Waals surface area contributed by atoms with Crippen molar-refractivity contribution < 1.29 is 9.90 Å². The molecule has 1 aliphatic rings. The predicted octanol–water partition coefficient (Wildman–Crippen LogP) is 2.59. The van der Waals surface area contributed by atoms with Crippen LogP contribution in [0.4, 0.5) is 10.5 Å². The lowest BCUT2D eigenvalue weighted by Crippen LogP contribution is -2.40. The van der Waals surface area contributed by atoms with Gasteiger partial charge in [0.05, 0.1) is 27.9 Å². The summed E-state index contributed by atoms with van der Waals surface area (Å²) in [5.41, 5.74) is 1.73. The minimum absolute atomic E-state index is 0.0283. The summed E-state index contributed by atoms with van der Waals surface area (Å²) in [5, 5.41) is 13.2. The number of hydrogen-bond acceptors (Lipinski definition) is 4. The van der Waals surface area contributed by atoms with Gasteiger partial charge < -0.3 is 15.3 Å². The largest absolute Gasteiger partial charge is 0.394 e. The Hall–Kier alpha value is -1.66. The molecule has 0 spiro atoms. The second-order valence-electron chi connectivity index (χ2n) is 5.02. The molecule has 5 nitrogen and oxygen atoms in total. The molecule has 1 aliphatic heterocycles. The molecule has 0 saturated carbocycles. The minimum Gasteiger partial charge on any atom is -0.394 e. The van der Waals surface area contributed by atoms with Gasteiger partial charge >= 0.3 is 6.03 Å². The lowest BCUT2D eigenvalue weighted by atomic mass is 10.2. The summed E-state index contributed by atoms with van der Waals surface area (Å²) in [6.07, 6.45) is 1.82. The highest BCUT2D eigenvalue weighted by Crippen LogP contribution is 2.25. The highest BCUT2D eigenvalue weighted by atomic mass is 32.1. The first-order chi connectivity index (χ1) is 9.67. The van der Waals surface area contributed by atoms with Crippen LogP contribution in [0.1, 0.15) is 17.8 Å². The highest BCUT2D eigenvalue weighted by molar-refractivity contribution is 7.18. The molecule has 6 heteroatoms. The first-order valence-electron chi connectivity index (χ1n) is 6.73. The van der Waals surface area contributed by atoms with Gasteiger partial charge in [0.2, 0.25) is 0 Å². The Bertz CT molecular complexity index is 640. The first-order valence-corrected chi connectivity index (χ1v) is 7.54. The molecule has 0 radical (unpaired) electrons. The Balaban J connectivity index is 1.76. The average Bonchev–Trinajstić information content (AvgIpc) is 3.02. The molecule has 2 heterocycles. The van der Waals surface area contributed by atoms with Gasteiger partial charge in [0.25, 0.3) is 0 Å². The summed E-state index contributed by atoms with van der Waals surface area (Å²) < 4.78 is 1.07. The van der Waals surface area contributed by atoms with Gasteiger partial charge in [0, 0.05) is 12.2 Å². The molecule has 1 atom stereocenters. The summed E-state index contributed by atoms with van der Waals surface area (Å²) in [6.45, 7) is 2.71. The zero-order valence-electron chi connectivity index (χ0n) is 11.3. The van der Waals surface area contributed by atoms with Crippen molar-refractivity contribution in [3.05, 3.63) is 23.2 Å². The summed E-state index contributed by atoms with van der Waals surface area (Å²) >= 11 is 1.61. The van der Waals surface area contributed by atoms with Crippen molar-refractivity contribution in [3.63, 3.8) is 0 Å². The molecular weight excluding hydrogens is 274 g/mol. The minimum atomic E-state index is -0.137. The Morgan fingerprint density at radius 1 is 1.60 bits per heavy atom. The number of rotatable bonds is 2. The zero-order valence-corrected chi connectivity index (χ0v) is 12.1. The lowest BCUT2D eigenvalue weighted by Gasteiger charge is -2.23. The van der Waals surface area contributed by atoms with Crippen molar-refractivity contribution in [1.82, 2.24) is 9.88 Å². The van der Waals surface area contributed by atoms with E-state index in [0.717, 1.165) is 33.8 Å². The maximum Gasteiger partial charge on any atom is 0.322 e. The van der Waals surface area contributed by atoms with Crippen LogP contribution in [-0.2, 0) is 0 Å². The van der Waals surface area contributed by atoms with Crippen molar-refractivity contribution in [1.29, 1.82) is 0 Å². The molecule has 1 aromatic carbocycles. The fraction of sp³-hybridized carbons (Fsp3) is 0.429. The molecule has 0 bridgehead atoms. The van der Waals surface area contributed by atoms with Gasteiger partial charge in [0.15, 0.2) is 0 Å². The third-order valence-electron chi connectivity index (χ3n) is 3.60. The van der Waals surface area contributed by atoms with Crippen LogP contribution < -0.4 is 5.32 Å². The van der Waals surface area contributed by atoms with Crippen LogP contribution in [0.3, 0.4) is 0 Å². The standard InChI is InChI=1S/C14H17N3O2S/c1-9-15-12-5-4-10(7-13(12)20-9)16-14(19)17-6-2-3-11(17)8-18/h4-5,7,11,18H,2-3,6,8H2,1H3,(H,16,19)/t11-/m0/s1. The number of anilines is 1. The molecule has 1 fully saturated rings.